The molecule has 1 fully saturated rings. The molecule has 0 aromatic heterocycles. The fraction of sp³-hybridized carbons (Fsp3) is 0.571. The normalized spacial score (nSPS) is 20.4. The van der Waals surface area contributed by atoms with Gasteiger partial charge < -0.3 is 0 Å². The Bertz CT molecular complexity index is 276. The summed E-state index contributed by atoms with van der Waals surface area (Å²) in [5, 5.41) is 0. The third-order valence-electron chi connectivity index (χ3n) is 3.37. The molecule has 0 spiro atoms. The van der Waals surface area contributed by atoms with Crippen LogP contribution >= 0.6 is 0 Å². The molecule has 0 amide bonds. The molecule has 1 aliphatic rings. The summed E-state index contributed by atoms with van der Waals surface area (Å²) in [6.45, 7) is 4.76. The monoisotopic (exact) mass is 188 g/mol. The van der Waals surface area contributed by atoms with E-state index in [2.05, 4.69) is 44.2 Å². The van der Waals surface area contributed by atoms with Gasteiger partial charge in [0.25, 0.3) is 0 Å². The van der Waals surface area contributed by atoms with E-state index in [1.165, 1.54) is 31.2 Å². The van der Waals surface area contributed by atoms with Crippen molar-refractivity contribution >= 4 is 0 Å². The van der Waals surface area contributed by atoms with Crippen LogP contribution < -0.4 is 0 Å². The molecule has 14 heavy (non-hydrogen) atoms. The molecule has 0 saturated heterocycles. The van der Waals surface area contributed by atoms with Crippen molar-refractivity contribution < 1.29 is 0 Å². The zero-order chi connectivity index (χ0) is 10.0. The third-order valence-corrected chi connectivity index (χ3v) is 3.37. The Kier molecular flexibility index (Phi) is 2.62. The Morgan fingerprint density at radius 3 is 2.36 bits per heavy atom. The molecule has 0 heteroatoms. The van der Waals surface area contributed by atoms with Crippen molar-refractivity contribution in [3.63, 3.8) is 0 Å². The van der Waals surface area contributed by atoms with Gasteiger partial charge in [-0.15, -0.1) is 0 Å². The summed E-state index contributed by atoms with van der Waals surface area (Å²) in [4.78, 5) is 0. The smallest absolute Gasteiger partial charge is 0.0276 e. The van der Waals surface area contributed by atoms with Crippen LogP contribution in [0.3, 0.4) is 0 Å². The summed E-state index contributed by atoms with van der Waals surface area (Å²) >= 11 is 0. The highest BCUT2D eigenvalue weighted by atomic mass is 14.4. The zero-order valence-electron chi connectivity index (χ0n) is 9.29. The first kappa shape index (κ1) is 9.76. The van der Waals surface area contributed by atoms with E-state index >= 15 is 0 Å². The Morgan fingerprint density at radius 2 is 1.79 bits per heavy atom. The van der Waals surface area contributed by atoms with E-state index in [0.29, 0.717) is 5.41 Å². The highest BCUT2D eigenvalue weighted by Crippen LogP contribution is 2.46. The average Bonchev–Trinajstić information content (AvgIpc) is 2.13. The van der Waals surface area contributed by atoms with Gasteiger partial charge >= 0.3 is 0 Å². The van der Waals surface area contributed by atoms with Crippen molar-refractivity contribution in [3.8, 4) is 0 Å². The van der Waals surface area contributed by atoms with Crippen LogP contribution in [-0.4, -0.2) is 0 Å². The van der Waals surface area contributed by atoms with E-state index in [9.17, 15) is 0 Å². The quantitative estimate of drug-likeness (QED) is 0.671. The minimum absolute atomic E-state index is 0.640. The van der Waals surface area contributed by atoms with E-state index in [1.54, 1.807) is 0 Å². The van der Waals surface area contributed by atoms with Crippen molar-refractivity contribution in [1.82, 2.24) is 0 Å². The molecule has 0 heterocycles. The Labute approximate surface area is 87.3 Å². The molecule has 0 unspecified atom stereocenters. The number of aryl methyl sites for hydroxylation is 1. The molecule has 1 aromatic rings. The lowest BCUT2D eigenvalue weighted by Gasteiger charge is -2.42. The lowest BCUT2D eigenvalue weighted by atomic mass is 9.63. The lowest BCUT2D eigenvalue weighted by molar-refractivity contribution is 0.0902. The maximum Gasteiger partial charge on any atom is -0.0276 e. The molecule has 76 valence electrons. The van der Waals surface area contributed by atoms with Crippen LogP contribution in [0, 0.1) is 11.3 Å². The molecule has 0 atom stereocenters. The maximum absolute atomic E-state index is 2.38. The Hall–Kier alpha value is -0.780. The standard InChI is InChI=1S/C14H20/c1-14(2)10-13(11-14)9-8-12-6-4-3-5-7-12/h3-7,13H,8-11H2,1-2H3. The maximum atomic E-state index is 2.38. The van der Waals surface area contributed by atoms with Crippen LogP contribution in [-0.2, 0) is 6.42 Å². The second-order valence-electron chi connectivity index (χ2n) is 5.46. The molecule has 0 nitrogen and oxygen atoms in total. The Balaban J connectivity index is 1.75. The van der Waals surface area contributed by atoms with Crippen molar-refractivity contribution in [2.24, 2.45) is 11.3 Å². The van der Waals surface area contributed by atoms with Crippen LogP contribution in [0.15, 0.2) is 30.3 Å². The van der Waals surface area contributed by atoms with Gasteiger partial charge in [-0.2, -0.15) is 0 Å². The van der Waals surface area contributed by atoms with Crippen LogP contribution in [0.4, 0.5) is 0 Å². The van der Waals surface area contributed by atoms with Gasteiger partial charge in [-0.1, -0.05) is 44.2 Å². The largest absolute Gasteiger partial charge is 0.0622 e. The van der Waals surface area contributed by atoms with Gasteiger partial charge in [-0.05, 0) is 42.6 Å². The van der Waals surface area contributed by atoms with Crippen molar-refractivity contribution in [1.29, 1.82) is 0 Å². The van der Waals surface area contributed by atoms with E-state index in [0.717, 1.165) is 5.92 Å². The summed E-state index contributed by atoms with van der Waals surface area (Å²) in [6.07, 6.45) is 5.51. The topological polar surface area (TPSA) is 0 Å². The number of rotatable bonds is 3. The van der Waals surface area contributed by atoms with Crippen molar-refractivity contribution in [2.45, 2.75) is 39.5 Å². The number of hydrogen-bond donors (Lipinski definition) is 0. The van der Waals surface area contributed by atoms with E-state index in [-0.39, 0.29) is 0 Å². The molecule has 0 aliphatic heterocycles. The Morgan fingerprint density at radius 1 is 1.14 bits per heavy atom. The SMILES string of the molecule is CC1(C)CC(CCc2ccccc2)C1. The first-order valence-corrected chi connectivity index (χ1v) is 5.70. The van der Waals surface area contributed by atoms with Crippen LogP contribution in [0.25, 0.3) is 0 Å². The molecule has 1 aromatic carbocycles. The predicted octanol–water partition coefficient (Wildman–Crippen LogP) is 4.06. The van der Waals surface area contributed by atoms with Gasteiger partial charge in [0.1, 0.15) is 0 Å². The van der Waals surface area contributed by atoms with Gasteiger partial charge in [0, 0.05) is 0 Å². The average molecular weight is 188 g/mol. The van der Waals surface area contributed by atoms with Gasteiger partial charge in [-0.3, -0.25) is 0 Å². The highest BCUT2D eigenvalue weighted by Gasteiger charge is 2.35. The summed E-state index contributed by atoms with van der Waals surface area (Å²) in [5.41, 5.74) is 2.14. The second-order valence-corrected chi connectivity index (χ2v) is 5.46. The second kappa shape index (κ2) is 3.76. The van der Waals surface area contributed by atoms with Gasteiger partial charge in [0.2, 0.25) is 0 Å². The first-order valence-electron chi connectivity index (χ1n) is 5.70. The first-order chi connectivity index (χ1) is 6.66. The molecule has 0 bridgehead atoms. The minimum atomic E-state index is 0.640. The minimum Gasteiger partial charge on any atom is -0.0622 e. The van der Waals surface area contributed by atoms with E-state index < -0.39 is 0 Å². The molecular weight excluding hydrogens is 168 g/mol. The van der Waals surface area contributed by atoms with Gasteiger partial charge in [-0.25, -0.2) is 0 Å². The van der Waals surface area contributed by atoms with Gasteiger partial charge in [0.15, 0.2) is 0 Å². The van der Waals surface area contributed by atoms with Crippen LogP contribution in [0.5, 0.6) is 0 Å². The highest BCUT2D eigenvalue weighted by molar-refractivity contribution is 5.14. The molecule has 1 aliphatic carbocycles. The molecule has 0 N–H and O–H groups in total. The summed E-state index contributed by atoms with van der Waals surface area (Å²) in [6, 6.07) is 10.9. The summed E-state index contributed by atoms with van der Waals surface area (Å²) < 4.78 is 0. The van der Waals surface area contributed by atoms with Crippen LogP contribution in [0.1, 0.15) is 38.7 Å². The zero-order valence-corrected chi connectivity index (χ0v) is 9.29. The number of hydrogen-bond acceptors (Lipinski definition) is 0. The summed E-state index contributed by atoms with van der Waals surface area (Å²) in [5.74, 6) is 0.991. The van der Waals surface area contributed by atoms with E-state index in [1.807, 2.05) is 0 Å². The molecule has 1 saturated carbocycles. The van der Waals surface area contributed by atoms with Crippen molar-refractivity contribution in [2.75, 3.05) is 0 Å². The van der Waals surface area contributed by atoms with Crippen molar-refractivity contribution in [3.05, 3.63) is 35.9 Å². The van der Waals surface area contributed by atoms with Crippen LogP contribution in [0.2, 0.25) is 0 Å². The molecular formula is C14H20. The fourth-order valence-corrected chi connectivity index (χ4v) is 2.72. The van der Waals surface area contributed by atoms with Gasteiger partial charge in [0.05, 0.1) is 0 Å². The summed E-state index contributed by atoms with van der Waals surface area (Å²) in [7, 11) is 0. The van der Waals surface area contributed by atoms with E-state index in [4.69, 9.17) is 0 Å². The molecule has 0 radical (unpaired) electrons. The predicted molar refractivity (Wildman–Crippen MR) is 61.3 cm³/mol. The lowest BCUT2D eigenvalue weighted by Crippen LogP contribution is -2.31. The fourth-order valence-electron chi connectivity index (χ4n) is 2.72. The molecule has 2 rings (SSSR count). The number of benzene rings is 1. The third kappa shape index (κ3) is 2.37.